The van der Waals surface area contributed by atoms with Crippen LogP contribution in [0.1, 0.15) is 9.67 Å². The first-order valence-electron chi connectivity index (χ1n) is 7.48. The molecule has 0 atom stereocenters. The zero-order valence-electron chi connectivity index (χ0n) is 13.4. The van der Waals surface area contributed by atoms with Crippen molar-refractivity contribution in [2.45, 2.75) is 0 Å². The number of likely N-dealkylation sites (tertiary alicyclic amines) is 1. The lowest BCUT2D eigenvalue weighted by atomic mass is 9.98. The monoisotopic (exact) mass is 346 g/mol. The lowest BCUT2D eigenvalue weighted by Gasteiger charge is -2.38. The Kier molecular flexibility index (Phi) is 4.71. The molecule has 1 aromatic heterocycles. The topological polar surface area (TPSA) is 67.9 Å². The Bertz CT molecular complexity index is 739. The van der Waals surface area contributed by atoms with Crippen molar-refractivity contribution in [2.24, 2.45) is 5.92 Å². The van der Waals surface area contributed by atoms with E-state index in [4.69, 9.17) is 9.47 Å². The number of benzene rings is 1. The quantitative estimate of drug-likeness (QED) is 0.903. The van der Waals surface area contributed by atoms with E-state index in [9.17, 15) is 9.59 Å². The maximum absolute atomic E-state index is 12.4. The molecule has 0 unspecified atom stereocenters. The maximum Gasteiger partial charge on any atom is 0.263 e. The van der Waals surface area contributed by atoms with Gasteiger partial charge in [-0.15, -0.1) is 11.3 Å². The van der Waals surface area contributed by atoms with Crippen molar-refractivity contribution in [2.75, 3.05) is 32.6 Å². The summed E-state index contributed by atoms with van der Waals surface area (Å²) in [6.07, 6.45) is 0. The number of methoxy groups -OCH3 is 2. The van der Waals surface area contributed by atoms with Crippen molar-refractivity contribution in [1.29, 1.82) is 0 Å². The molecule has 2 heterocycles. The van der Waals surface area contributed by atoms with Crippen molar-refractivity contribution in [3.05, 3.63) is 40.6 Å². The van der Waals surface area contributed by atoms with Crippen molar-refractivity contribution in [1.82, 2.24) is 4.90 Å². The molecule has 1 aliphatic rings. The fourth-order valence-corrected chi connectivity index (χ4v) is 3.20. The fraction of sp³-hybridized carbons (Fsp3) is 0.294. The van der Waals surface area contributed by atoms with Crippen LogP contribution in [0.2, 0.25) is 0 Å². The molecule has 1 fully saturated rings. The molecule has 3 rings (SSSR count). The van der Waals surface area contributed by atoms with Gasteiger partial charge in [0.15, 0.2) is 0 Å². The first kappa shape index (κ1) is 16.3. The van der Waals surface area contributed by atoms with E-state index in [0.29, 0.717) is 35.2 Å². The Morgan fingerprint density at radius 3 is 2.62 bits per heavy atom. The molecular weight excluding hydrogens is 328 g/mol. The molecule has 7 heteroatoms. The van der Waals surface area contributed by atoms with E-state index in [2.05, 4.69) is 5.32 Å². The van der Waals surface area contributed by atoms with Gasteiger partial charge in [-0.3, -0.25) is 9.59 Å². The Labute approximate surface area is 144 Å². The smallest absolute Gasteiger partial charge is 0.263 e. The Morgan fingerprint density at radius 1 is 1.21 bits per heavy atom. The molecular formula is C17H18N2O4S. The Hall–Kier alpha value is -2.54. The highest BCUT2D eigenvalue weighted by Crippen LogP contribution is 2.30. The molecule has 6 nitrogen and oxygen atoms in total. The molecule has 0 radical (unpaired) electrons. The number of nitrogens with one attached hydrogen (secondary N) is 1. The molecule has 0 bridgehead atoms. The maximum atomic E-state index is 12.4. The normalized spacial score (nSPS) is 14.0. The van der Waals surface area contributed by atoms with Gasteiger partial charge in [-0.1, -0.05) is 6.07 Å². The summed E-state index contributed by atoms with van der Waals surface area (Å²) < 4.78 is 10.4. The second-order valence-electron chi connectivity index (χ2n) is 5.44. The Morgan fingerprint density at radius 2 is 2.00 bits per heavy atom. The number of thiophene rings is 1. The minimum Gasteiger partial charge on any atom is -0.497 e. The van der Waals surface area contributed by atoms with Crippen molar-refractivity contribution in [3.8, 4) is 11.5 Å². The molecule has 1 N–H and O–H groups in total. The highest BCUT2D eigenvalue weighted by Gasteiger charge is 2.36. The van der Waals surface area contributed by atoms with Crippen LogP contribution in [-0.2, 0) is 4.79 Å². The van der Waals surface area contributed by atoms with Crippen LogP contribution in [0.4, 0.5) is 5.69 Å². The molecule has 0 spiro atoms. The summed E-state index contributed by atoms with van der Waals surface area (Å²) in [6.45, 7) is 0.851. The molecule has 0 aliphatic carbocycles. The summed E-state index contributed by atoms with van der Waals surface area (Å²) in [5.41, 5.74) is 0.560. The predicted octanol–water partition coefficient (Wildman–Crippen LogP) is 2.48. The number of anilines is 1. The van der Waals surface area contributed by atoms with E-state index in [1.54, 1.807) is 43.4 Å². The third kappa shape index (κ3) is 3.21. The zero-order valence-corrected chi connectivity index (χ0v) is 14.3. The molecule has 1 aliphatic heterocycles. The van der Waals surface area contributed by atoms with Crippen LogP contribution in [0.3, 0.4) is 0 Å². The van der Waals surface area contributed by atoms with Gasteiger partial charge in [-0.05, 0) is 23.6 Å². The number of ether oxygens (including phenoxy) is 2. The molecule has 1 aromatic carbocycles. The van der Waals surface area contributed by atoms with Gasteiger partial charge in [0, 0.05) is 19.2 Å². The van der Waals surface area contributed by atoms with Gasteiger partial charge in [0.2, 0.25) is 5.91 Å². The summed E-state index contributed by atoms with van der Waals surface area (Å²) >= 11 is 1.41. The van der Waals surface area contributed by atoms with E-state index >= 15 is 0 Å². The van der Waals surface area contributed by atoms with Gasteiger partial charge in [0.1, 0.15) is 11.5 Å². The van der Waals surface area contributed by atoms with Crippen LogP contribution in [0, 0.1) is 5.92 Å². The number of carbonyl (C=O) groups excluding carboxylic acids is 2. The molecule has 2 amide bonds. The summed E-state index contributed by atoms with van der Waals surface area (Å²) in [7, 11) is 3.11. The Balaban J connectivity index is 1.60. The molecule has 126 valence electrons. The van der Waals surface area contributed by atoms with Gasteiger partial charge in [0.05, 0.1) is 30.7 Å². The zero-order chi connectivity index (χ0) is 17.1. The summed E-state index contributed by atoms with van der Waals surface area (Å²) in [5.74, 6) is 0.832. The van der Waals surface area contributed by atoms with Gasteiger partial charge >= 0.3 is 0 Å². The average Bonchev–Trinajstić information content (AvgIpc) is 3.07. The largest absolute Gasteiger partial charge is 0.497 e. The number of hydrogen-bond donors (Lipinski definition) is 1. The number of carbonyl (C=O) groups is 2. The number of hydrogen-bond acceptors (Lipinski definition) is 5. The summed E-state index contributed by atoms with van der Waals surface area (Å²) in [4.78, 5) is 26.9. The van der Waals surface area contributed by atoms with Crippen LogP contribution in [0.5, 0.6) is 11.5 Å². The van der Waals surface area contributed by atoms with E-state index in [1.807, 2.05) is 11.4 Å². The van der Waals surface area contributed by atoms with Crippen molar-refractivity contribution >= 4 is 28.8 Å². The second-order valence-corrected chi connectivity index (χ2v) is 6.39. The van der Waals surface area contributed by atoms with E-state index in [0.717, 1.165) is 0 Å². The molecule has 2 aromatic rings. The van der Waals surface area contributed by atoms with E-state index < -0.39 is 0 Å². The second kappa shape index (κ2) is 6.92. The van der Waals surface area contributed by atoms with Crippen LogP contribution in [0.15, 0.2) is 35.7 Å². The predicted molar refractivity (Wildman–Crippen MR) is 91.9 cm³/mol. The van der Waals surface area contributed by atoms with Crippen molar-refractivity contribution in [3.63, 3.8) is 0 Å². The molecule has 24 heavy (non-hydrogen) atoms. The number of amides is 2. The van der Waals surface area contributed by atoms with Crippen LogP contribution in [0.25, 0.3) is 0 Å². The first-order valence-corrected chi connectivity index (χ1v) is 8.36. The van der Waals surface area contributed by atoms with Crippen molar-refractivity contribution < 1.29 is 19.1 Å². The standard InChI is InChI=1S/C17H18N2O4S/c1-22-12-5-6-14(23-2)13(8-12)18-16(20)11-9-19(10-11)17(21)15-4-3-7-24-15/h3-8,11H,9-10H2,1-2H3,(H,18,20). The van der Waals surface area contributed by atoms with E-state index in [1.165, 1.54) is 11.3 Å². The lowest BCUT2D eigenvalue weighted by Crippen LogP contribution is -2.54. The van der Waals surface area contributed by atoms with Gasteiger partial charge in [-0.25, -0.2) is 0 Å². The van der Waals surface area contributed by atoms with Crippen LogP contribution < -0.4 is 14.8 Å². The SMILES string of the molecule is COc1ccc(OC)c(NC(=O)C2CN(C(=O)c3cccs3)C2)c1. The average molecular weight is 346 g/mol. The molecule has 0 saturated carbocycles. The fourth-order valence-electron chi connectivity index (χ4n) is 2.51. The van der Waals surface area contributed by atoms with Crippen LogP contribution in [-0.4, -0.2) is 44.0 Å². The summed E-state index contributed by atoms with van der Waals surface area (Å²) in [6, 6.07) is 8.85. The van der Waals surface area contributed by atoms with Crippen LogP contribution >= 0.6 is 11.3 Å². The minimum absolute atomic E-state index is 0.0204. The minimum atomic E-state index is -0.218. The summed E-state index contributed by atoms with van der Waals surface area (Å²) in [5, 5.41) is 4.72. The van der Waals surface area contributed by atoms with E-state index in [-0.39, 0.29) is 17.7 Å². The molecule has 1 saturated heterocycles. The van der Waals surface area contributed by atoms with Gasteiger partial charge in [0.25, 0.3) is 5.91 Å². The highest BCUT2D eigenvalue weighted by atomic mass is 32.1. The van der Waals surface area contributed by atoms with Gasteiger partial charge in [-0.2, -0.15) is 0 Å². The van der Waals surface area contributed by atoms with Gasteiger partial charge < -0.3 is 19.7 Å². The lowest BCUT2D eigenvalue weighted by molar-refractivity contribution is -0.123. The number of rotatable bonds is 5. The highest BCUT2D eigenvalue weighted by molar-refractivity contribution is 7.12. The first-order chi connectivity index (χ1) is 11.6. The third-order valence-corrected chi connectivity index (χ3v) is 4.79. The number of nitrogens with zero attached hydrogens (tertiary/aromatic N) is 1. The third-order valence-electron chi connectivity index (χ3n) is 3.94.